The molecule has 1 heterocycles. The van der Waals surface area contributed by atoms with Crippen LogP contribution in [0, 0.1) is 0 Å². The lowest BCUT2D eigenvalue weighted by Crippen LogP contribution is -2.45. The number of thiophene rings is 1. The van der Waals surface area contributed by atoms with E-state index in [1.54, 1.807) is 11.3 Å². The summed E-state index contributed by atoms with van der Waals surface area (Å²) in [6, 6.07) is 2.02. The van der Waals surface area contributed by atoms with E-state index >= 15 is 0 Å². The van der Waals surface area contributed by atoms with Gasteiger partial charge in [0, 0.05) is 22.4 Å². The van der Waals surface area contributed by atoms with Crippen LogP contribution in [0.4, 0.5) is 0 Å². The number of ether oxygens (including phenoxy) is 1. The van der Waals surface area contributed by atoms with Gasteiger partial charge in [-0.05, 0) is 47.1 Å². The molecule has 0 saturated carbocycles. The van der Waals surface area contributed by atoms with E-state index in [0.29, 0.717) is 13.0 Å². The Labute approximate surface area is 116 Å². The Hall–Kier alpha value is 0.100. The van der Waals surface area contributed by atoms with Gasteiger partial charge in [0.05, 0.1) is 11.7 Å². The number of hydrogen-bond acceptors (Lipinski definition) is 3. The third-order valence-corrected chi connectivity index (χ3v) is 5.25. The van der Waals surface area contributed by atoms with Crippen LogP contribution >= 0.6 is 27.3 Å². The topological polar surface area (TPSA) is 29.5 Å². The van der Waals surface area contributed by atoms with E-state index in [-0.39, 0.29) is 0 Å². The summed E-state index contributed by atoms with van der Waals surface area (Å²) in [5, 5.41) is 12.5. The first kappa shape index (κ1) is 15.2. The summed E-state index contributed by atoms with van der Waals surface area (Å²) in [5.74, 6) is 0. The molecule has 0 aliphatic rings. The number of halogens is 1. The molecule has 1 N–H and O–H groups in total. The third-order valence-electron chi connectivity index (χ3n) is 3.31. The first-order valence-electron chi connectivity index (χ1n) is 6.13. The second kappa shape index (κ2) is 6.88. The third kappa shape index (κ3) is 3.53. The van der Waals surface area contributed by atoms with E-state index in [9.17, 15) is 5.11 Å². The lowest BCUT2D eigenvalue weighted by Gasteiger charge is -2.36. The van der Waals surface area contributed by atoms with Crippen molar-refractivity contribution in [1.82, 2.24) is 0 Å². The standard InChI is InChI=1S/C13H21BrO2S/c1-4-13(5-2,16-6-3)12(15)9-11-10(14)7-8-17-11/h7-8,12,15H,4-6,9H2,1-3H3. The maximum Gasteiger partial charge on any atom is 0.0938 e. The van der Waals surface area contributed by atoms with Gasteiger partial charge in [0.15, 0.2) is 0 Å². The van der Waals surface area contributed by atoms with Crippen molar-refractivity contribution in [2.75, 3.05) is 6.61 Å². The van der Waals surface area contributed by atoms with Gasteiger partial charge in [-0.3, -0.25) is 0 Å². The summed E-state index contributed by atoms with van der Waals surface area (Å²) >= 11 is 5.17. The summed E-state index contributed by atoms with van der Waals surface area (Å²) in [6.07, 6.45) is 1.87. The van der Waals surface area contributed by atoms with Gasteiger partial charge in [0.2, 0.25) is 0 Å². The van der Waals surface area contributed by atoms with Crippen LogP contribution in [0.3, 0.4) is 0 Å². The zero-order valence-corrected chi connectivity index (χ0v) is 13.1. The Kier molecular flexibility index (Phi) is 6.13. The highest BCUT2D eigenvalue weighted by molar-refractivity contribution is 9.10. The van der Waals surface area contributed by atoms with Crippen molar-refractivity contribution in [3.8, 4) is 0 Å². The van der Waals surface area contributed by atoms with E-state index in [1.165, 1.54) is 4.88 Å². The van der Waals surface area contributed by atoms with Crippen LogP contribution < -0.4 is 0 Å². The van der Waals surface area contributed by atoms with Crippen molar-refractivity contribution < 1.29 is 9.84 Å². The fourth-order valence-corrected chi connectivity index (χ4v) is 3.69. The van der Waals surface area contributed by atoms with Gasteiger partial charge in [0.1, 0.15) is 0 Å². The molecule has 98 valence electrons. The number of aliphatic hydroxyl groups excluding tert-OH is 1. The van der Waals surface area contributed by atoms with Crippen LogP contribution in [-0.2, 0) is 11.2 Å². The largest absolute Gasteiger partial charge is 0.390 e. The lowest BCUT2D eigenvalue weighted by atomic mass is 9.88. The van der Waals surface area contributed by atoms with Gasteiger partial charge in [-0.15, -0.1) is 11.3 Å². The molecule has 2 nitrogen and oxygen atoms in total. The minimum Gasteiger partial charge on any atom is -0.390 e. The first-order chi connectivity index (χ1) is 8.09. The van der Waals surface area contributed by atoms with E-state index in [1.807, 2.05) is 18.4 Å². The van der Waals surface area contributed by atoms with Gasteiger partial charge in [-0.1, -0.05) is 13.8 Å². The van der Waals surface area contributed by atoms with E-state index in [4.69, 9.17) is 4.74 Å². The fourth-order valence-electron chi connectivity index (χ4n) is 2.14. The average molecular weight is 321 g/mol. The fraction of sp³-hybridized carbons (Fsp3) is 0.692. The Balaban J connectivity index is 2.78. The molecule has 1 atom stereocenters. The summed E-state index contributed by atoms with van der Waals surface area (Å²) in [4.78, 5) is 1.18. The molecule has 17 heavy (non-hydrogen) atoms. The SMILES string of the molecule is CCOC(CC)(CC)C(O)Cc1sccc1Br. The molecule has 0 aliphatic heterocycles. The van der Waals surface area contributed by atoms with Crippen LogP contribution in [0.2, 0.25) is 0 Å². The average Bonchev–Trinajstić information content (AvgIpc) is 2.72. The molecule has 0 fully saturated rings. The van der Waals surface area contributed by atoms with Crippen LogP contribution in [0.1, 0.15) is 38.5 Å². The Morgan fingerprint density at radius 2 is 2.06 bits per heavy atom. The molecule has 0 aromatic carbocycles. The molecule has 1 rings (SSSR count). The molecule has 0 aliphatic carbocycles. The predicted molar refractivity (Wildman–Crippen MR) is 76.7 cm³/mol. The van der Waals surface area contributed by atoms with Crippen LogP contribution in [0.5, 0.6) is 0 Å². The van der Waals surface area contributed by atoms with Gasteiger partial charge < -0.3 is 9.84 Å². The summed E-state index contributed by atoms with van der Waals surface area (Å²) in [6.45, 7) is 6.77. The molecule has 0 spiro atoms. The summed E-state index contributed by atoms with van der Waals surface area (Å²) in [5.41, 5.74) is -0.405. The van der Waals surface area contributed by atoms with Crippen LogP contribution in [0.15, 0.2) is 15.9 Å². The van der Waals surface area contributed by atoms with Gasteiger partial charge in [-0.2, -0.15) is 0 Å². The predicted octanol–water partition coefficient (Wildman–Crippen LogP) is 4.01. The van der Waals surface area contributed by atoms with E-state index in [0.717, 1.165) is 17.3 Å². The highest BCUT2D eigenvalue weighted by Gasteiger charge is 2.35. The Morgan fingerprint density at radius 1 is 1.41 bits per heavy atom. The van der Waals surface area contributed by atoms with Crippen LogP contribution in [0.25, 0.3) is 0 Å². The first-order valence-corrected chi connectivity index (χ1v) is 7.80. The molecular formula is C13H21BrO2S. The molecule has 4 heteroatoms. The van der Waals surface area contributed by atoms with Crippen molar-refractivity contribution in [3.63, 3.8) is 0 Å². The number of rotatable bonds is 7. The molecule has 0 amide bonds. The normalized spacial score (nSPS) is 13.9. The molecule has 1 unspecified atom stereocenters. The monoisotopic (exact) mass is 320 g/mol. The summed E-state index contributed by atoms with van der Waals surface area (Å²) in [7, 11) is 0. The second-order valence-electron chi connectivity index (χ2n) is 4.12. The molecular weight excluding hydrogens is 300 g/mol. The molecule has 0 saturated heterocycles. The maximum atomic E-state index is 10.4. The molecule has 0 bridgehead atoms. The van der Waals surface area contributed by atoms with Crippen molar-refractivity contribution in [3.05, 3.63) is 20.8 Å². The minimum absolute atomic E-state index is 0.405. The minimum atomic E-state index is -0.451. The number of hydrogen-bond donors (Lipinski definition) is 1. The molecule has 1 aromatic rings. The highest BCUT2D eigenvalue weighted by Crippen LogP contribution is 2.31. The molecule has 0 radical (unpaired) electrons. The Bertz CT molecular complexity index is 334. The van der Waals surface area contributed by atoms with Gasteiger partial charge >= 0.3 is 0 Å². The summed E-state index contributed by atoms with van der Waals surface area (Å²) < 4.78 is 6.90. The highest BCUT2D eigenvalue weighted by atomic mass is 79.9. The van der Waals surface area contributed by atoms with Crippen molar-refractivity contribution in [2.45, 2.75) is 51.7 Å². The van der Waals surface area contributed by atoms with Crippen LogP contribution in [-0.4, -0.2) is 23.4 Å². The molecule has 1 aromatic heterocycles. The Morgan fingerprint density at radius 3 is 2.47 bits per heavy atom. The smallest absolute Gasteiger partial charge is 0.0938 e. The van der Waals surface area contributed by atoms with Crippen molar-refractivity contribution in [2.24, 2.45) is 0 Å². The van der Waals surface area contributed by atoms with Crippen molar-refractivity contribution >= 4 is 27.3 Å². The van der Waals surface area contributed by atoms with Gasteiger partial charge in [0.25, 0.3) is 0 Å². The van der Waals surface area contributed by atoms with E-state index in [2.05, 4.69) is 29.8 Å². The zero-order valence-electron chi connectivity index (χ0n) is 10.7. The quantitative estimate of drug-likeness (QED) is 0.822. The van der Waals surface area contributed by atoms with Crippen molar-refractivity contribution in [1.29, 1.82) is 0 Å². The zero-order chi connectivity index (χ0) is 12.9. The van der Waals surface area contributed by atoms with E-state index < -0.39 is 11.7 Å². The maximum absolute atomic E-state index is 10.4. The second-order valence-corrected chi connectivity index (χ2v) is 5.97. The number of aliphatic hydroxyl groups is 1. The van der Waals surface area contributed by atoms with Gasteiger partial charge in [-0.25, -0.2) is 0 Å². The lowest BCUT2D eigenvalue weighted by molar-refractivity contribution is -0.124.